The van der Waals surface area contributed by atoms with Gasteiger partial charge in [-0.3, -0.25) is 25.0 Å². The molecule has 0 aliphatic rings. The van der Waals surface area contributed by atoms with Gasteiger partial charge < -0.3 is 4.42 Å². The van der Waals surface area contributed by atoms with Gasteiger partial charge in [-0.15, -0.1) is 10.2 Å². The number of thioether (sulfide) groups is 1. The molecular formula is C22H19N5O3S. The van der Waals surface area contributed by atoms with Crippen LogP contribution in [0.1, 0.15) is 16.1 Å². The monoisotopic (exact) mass is 433 g/mol. The van der Waals surface area contributed by atoms with Crippen LogP contribution < -0.4 is 10.9 Å². The Morgan fingerprint density at radius 1 is 0.968 bits per heavy atom. The summed E-state index contributed by atoms with van der Waals surface area (Å²) in [6, 6.07) is 20.1. The van der Waals surface area contributed by atoms with Crippen molar-refractivity contribution in [1.82, 2.24) is 25.6 Å². The Hall–Kier alpha value is -3.85. The predicted molar refractivity (Wildman–Crippen MR) is 117 cm³/mol. The van der Waals surface area contributed by atoms with Crippen LogP contribution in [-0.2, 0) is 4.79 Å². The maximum Gasteiger partial charge on any atom is 0.269 e. The number of furan rings is 1. The van der Waals surface area contributed by atoms with Gasteiger partial charge in [0.15, 0.2) is 11.0 Å². The minimum absolute atomic E-state index is 0.0460. The molecule has 4 aromatic rings. The van der Waals surface area contributed by atoms with Crippen molar-refractivity contribution >= 4 is 23.6 Å². The van der Waals surface area contributed by atoms with Crippen molar-refractivity contribution in [3.05, 3.63) is 84.3 Å². The first-order chi connectivity index (χ1) is 15.1. The van der Waals surface area contributed by atoms with Crippen LogP contribution >= 0.6 is 11.8 Å². The number of nitrogens with one attached hydrogen (secondary N) is 2. The number of nitrogens with zero attached hydrogens (tertiary/aromatic N) is 3. The maximum absolute atomic E-state index is 12.3. The van der Waals surface area contributed by atoms with Gasteiger partial charge in [0.1, 0.15) is 5.76 Å². The molecule has 0 aliphatic heterocycles. The van der Waals surface area contributed by atoms with Gasteiger partial charge >= 0.3 is 0 Å². The largest absolute Gasteiger partial charge is 0.469 e. The third-order valence-electron chi connectivity index (χ3n) is 4.43. The normalized spacial score (nSPS) is 10.6. The summed E-state index contributed by atoms with van der Waals surface area (Å²) in [6.45, 7) is 1.86. The molecule has 0 unspecified atom stereocenters. The van der Waals surface area contributed by atoms with Gasteiger partial charge in [-0.1, -0.05) is 48.2 Å². The molecule has 0 atom stereocenters. The number of amides is 2. The highest BCUT2D eigenvalue weighted by Crippen LogP contribution is 2.30. The van der Waals surface area contributed by atoms with Crippen molar-refractivity contribution in [3.8, 4) is 17.1 Å². The van der Waals surface area contributed by atoms with Crippen LogP contribution in [0.25, 0.3) is 17.1 Å². The molecule has 2 amide bonds. The molecule has 9 heteroatoms. The van der Waals surface area contributed by atoms with E-state index in [0.717, 1.165) is 17.0 Å². The second-order valence-electron chi connectivity index (χ2n) is 6.52. The molecule has 0 fully saturated rings. The number of hydrogen-bond donors (Lipinski definition) is 2. The van der Waals surface area contributed by atoms with Crippen LogP contribution in [0.5, 0.6) is 0 Å². The Kier molecular flexibility index (Phi) is 6.13. The summed E-state index contributed by atoms with van der Waals surface area (Å²) >= 11 is 1.22. The van der Waals surface area contributed by atoms with E-state index < -0.39 is 0 Å². The molecule has 0 spiro atoms. The fourth-order valence-corrected chi connectivity index (χ4v) is 3.67. The molecule has 0 saturated carbocycles. The highest BCUT2D eigenvalue weighted by Gasteiger charge is 2.19. The lowest BCUT2D eigenvalue weighted by Crippen LogP contribution is -2.42. The number of carbonyl (C=O) groups is 2. The standard InChI is InChI=1S/C22H19N5O3S/c1-15-18(12-13-30-15)20-24-26-22(27(20)17-10-6-3-7-11-17)31-14-19(28)23-25-21(29)16-8-4-2-5-9-16/h2-13H,14H2,1H3,(H,23,28)(H,25,29). The first-order valence-electron chi connectivity index (χ1n) is 9.46. The fraction of sp³-hybridized carbons (Fsp3) is 0.0909. The zero-order valence-electron chi connectivity index (χ0n) is 16.6. The zero-order chi connectivity index (χ0) is 21.6. The van der Waals surface area contributed by atoms with E-state index >= 15 is 0 Å². The quantitative estimate of drug-likeness (QED) is 0.357. The number of hydrazine groups is 1. The molecule has 8 nitrogen and oxygen atoms in total. The first-order valence-corrected chi connectivity index (χ1v) is 10.4. The Morgan fingerprint density at radius 3 is 2.35 bits per heavy atom. The minimum Gasteiger partial charge on any atom is -0.469 e. The lowest BCUT2D eigenvalue weighted by Gasteiger charge is -2.10. The summed E-state index contributed by atoms with van der Waals surface area (Å²) in [5.41, 5.74) is 6.98. The third kappa shape index (κ3) is 4.67. The molecule has 0 saturated heterocycles. The molecule has 156 valence electrons. The van der Waals surface area contributed by atoms with Crippen LogP contribution in [0, 0.1) is 6.92 Å². The summed E-state index contributed by atoms with van der Waals surface area (Å²) < 4.78 is 7.29. The Bertz CT molecular complexity index is 1190. The van der Waals surface area contributed by atoms with E-state index in [1.54, 1.807) is 30.5 Å². The average Bonchev–Trinajstić information content (AvgIpc) is 3.42. The number of carbonyl (C=O) groups excluding carboxylic acids is 2. The van der Waals surface area contributed by atoms with Crippen LogP contribution in [0.3, 0.4) is 0 Å². The van der Waals surface area contributed by atoms with E-state index in [1.165, 1.54) is 11.8 Å². The number of rotatable bonds is 6. The fourth-order valence-electron chi connectivity index (χ4n) is 2.92. The number of para-hydroxylation sites is 1. The topological polar surface area (TPSA) is 102 Å². The number of benzene rings is 2. The highest BCUT2D eigenvalue weighted by atomic mass is 32.2. The van der Waals surface area contributed by atoms with Crippen LogP contribution in [-0.4, -0.2) is 32.3 Å². The summed E-state index contributed by atoms with van der Waals surface area (Å²) in [4.78, 5) is 24.3. The van der Waals surface area contributed by atoms with E-state index in [4.69, 9.17) is 4.42 Å². The van der Waals surface area contributed by atoms with E-state index in [0.29, 0.717) is 16.5 Å². The Morgan fingerprint density at radius 2 is 1.68 bits per heavy atom. The zero-order valence-corrected chi connectivity index (χ0v) is 17.4. The minimum atomic E-state index is -0.385. The molecule has 0 aliphatic carbocycles. The van der Waals surface area contributed by atoms with Crippen molar-refractivity contribution < 1.29 is 14.0 Å². The smallest absolute Gasteiger partial charge is 0.269 e. The van der Waals surface area contributed by atoms with Crippen LogP contribution in [0.2, 0.25) is 0 Å². The van der Waals surface area contributed by atoms with Crippen molar-refractivity contribution in [2.75, 3.05) is 5.75 Å². The van der Waals surface area contributed by atoms with Crippen molar-refractivity contribution in [1.29, 1.82) is 0 Å². The van der Waals surface area contributed by atoms with Gasteiger partial charge in [-0.25, -0.2) is 0 Å². The molecule has 2 aromatic carbocycles. The van der Waals surface area contributed by atoms with Gasteiger partial charge in [0.25, 0.3) is 5.91 Å². The van der Waals surface area contributed by atoms with Crippen molar-refractivity contribution in [2.24, 2.45) is 0 Å². The second-order valence-corrected chi connectivity index (χ2v) is 7.47. The molecule has 2 heterocycles. The summed E-state index contributed by atoms with van der Waals surface area (Å²) in [5.74, 6) is 0.645. The summed E-state index contributed by atoms with van der Waals surface area (Å²) in [7, 11) is 0. The van der Waals surface area contributed by atoms with Crippen molar-refractivity contribution in [2.45, 2.75) is 12.1 Å². The lowest BCUT2D eigenvalue weighted by atomic mass is 10.2. The first kappa shape index (κ1) is 20.4. The highest BCUT2D eigenvalue weighted by molar-refractivity contribution is 7.99. The maximum atomic E-state index is 12.3. The van der Waals surface area contributed by atoms with E-state index in [1.807, 2.05) is 54.0 Å². The molecule has 0 bridgehead atoms. The summed E-state index contributed by atoms with van der Waals surface area (Å²) in [5, 5.41) is 9.14. The summed E-state index contributed by atoms with van der Waals surface area (Å²) in [6.07, 6.45) is 1.60. The predicted octanol–water partition coefficient (Wildman–Crippen LogP) is 3.39. The van der Waals surface area contributed by atoms with E-state index in [-0.39, 0.29) is 17.6 Å². The molecular weight excluding hydrogens is 414 g/mol. The second kappa shape index (κ2) is 9.31. The Labute approximate surface area is 182 Å². The van der Waals surface area contributed by atoms with Crippen molar-refractivity contribution in [3.63, 3.8) is 0 Å². The van der Waals surface area contributed by atoms with Gasteiger partial charge in [0, 0.05) is 11.3 Å². The van der Waals surface area contributed by atoms with Gasteiger partial charge in [-0.2, -0.15) is 0 Å². The van der Waals surface area contributed by atoms with Gasteiger partial charge in [0.05, 0.1) is 17.6 Å². The molecule has 31 heavy (non-hydrogen) atoms. The number of hydrogen-bond acceptors (Lipinski definition) is 6. The lowest BCUT2D eigenvalue weighted by molar-refractivity contribution is -0.119. The Balaban J connectivity index is 1.47. The van der Waals surface area contributed by atoms with E-state index in [9.17, 15) is 9.59 Å². The third-order valence-corrected chi connectivity index (χ3v) is 5.36. The molecule has 2 N–H and O–H groups in total. The average molecular weight is 433 g/mol. The SMILES string of the molecule is Cc1occc1-c1nnc(SCC(=O)NNC(=O)c2ccccc2)n1-c1ccccc1. The molecule has 0 radical (unpaired) electrons. The van der Waals surface area contributed by atoms with E-state index in [2.05, 4.69) is 21.0 Å². The van der Waals surface area contributed by atoms with Crippen LogP contribution in [0.15, 0.2) is 82.6 Å². The van der Waals surface area contributed by atoms with Crippen LogP contribution in [0.4, 0.5) is 0 Å². The number of aromatic nitrogens is 3. The molecule has 2 aromatic heterocycles. The molecule has 4 rings (SSSR count). The number of aryl methyl sites for hydroxylation is 1. The van der Waals surface area contributed by atoms with Gasteiger partial charge in [-0.05, 0) is 37.3 Å². The van der Waals surface area contributed by atoms with Gasteiger partial charge in [0.2, 0.25) is 5.91 Å².